The molecule has 0 N–H and O–H groups in total. The SMILES string of the molecule is CC1CCC(CC2CCC(CC3CCC(C)CC3)CC2)CC1. The van der Waals surface area contributed by atoms with Crippen molar-refractivity contribution in [1.29, 1.82) is 0 Å². The highest BCUT2D eigenvalue weighted by molar-refractivity contribution is 4.80. The lowest BCUT2D eigenvalue weighted by Gasteiger charge is -2.35. The first-order chi connectivity index (χ1) is 10.7. The van der Waals surface area contributed by atoms with Gasteiger partial charge < -0.3 is 0 Å². The largest absolute Gasteiger partial charge is 0.0625 e. The van der Waals surface area contributed by atoms with Crippen molar-refractivity contribution in [3.8, 4) is 0 Å². The van der Waals surface area contributed by atoms with Gasteiger partial charge in [-0.25, -0.2) is 0 Å². The average molecular weight is 305 g/mol. The zero-order chi connectivity index (χ0) is 15.4. The van der Waals surface area contributed by atoms with E-state index in [4.69, 9.17) is 0 Å². The molecular weight excluding hydrogens is 264 g/mol. The highest BCUT2D eigenvalue weighted by atomic mass is 14.3. The Bertz CT molecular complexity index is 264. The minimum Gasteiger partial charge on any atom is -0.0625 e. The fraction of sp³-hybridized carbons (Fsp3) is 1.00. The monoisotopic (exact) mass is 304 g/mol. The summed E-state index contributed by atoms with van der Waals surface area (Å²) in [5, 5.41) is 0. The summed E-state index contributed by atoms with van der Waals surface area (Å²) in [5.74, 6) is 6.42. The first-order valence-electron chi connectivity index (χ1n) is 10.7. The summed E-state index contributed by atoms with van der Waals surface area (Å²) in [7, 11) is 0. The summed E-state index contributed by atoms with van der Waals surface area (Å²) in [6.45, 7) is 4.90. The third-order valence-corrected chi connectivity index (χ3v) is 7.57. The van der Waals surface area contributed by atoms with Crippen LogP contribution in [0.4, 0.5) is 0 Å². The van der Waals surface area contributed by atoms with Crippen LogP contribution in [0.2, 0.25) is 0 Å². The lowest BCUT2D eigenvalue weighted by atomic mass is 9.70. The van der Waals surface area contributed by atoms with Gasteiger partial charge >= 0.3 is 0 Å². The van der Waals surface area contributed by atoms with E-state index in [1.807, 2.05) is 0 Å². The van der Waals surface area contributed by atoms with Gasteiger partial charge in [-0.15, -0.1) is 0 Å². The first-order valence-corrected chi connectivity index (χ1v) is 10.7. The fourth-order valence-electron chi connectivity index (χ4n) is 5.78. The number of rotatable bonds is 4. The lowest BCUT2D eigenvalue weighted by Crippen LogP contribution is -2.22. The maximum Gasteiger partial charge on any atom is -0.0411 e. The average Bonchev–Trinajstić information content (AvgIpc) is 2.54. The van der Waals surface area contributed by atoms with Crippen LogP contribution in [0.1, 0.15) is 104 Å². The zero-order valence-electron chi connectivity index (χ0n) is 15.4. The van der Waals surface area contributed by atoms with Crippen molar-refractivity contribution < 1.29 is 0 Å². The highest BCUT2D eigenvalue weighted by Gasteiger charge is 2.28. The van der Waals surface area contributed by atoms with E-state index in [2.05, 4.69) is 13.8 Å². The van der Waals surface area contributed by atoms with Crippen LogP contribution in [0.15, 0.2) is 0 Å². The third kappa shape index (κ3) is 5.00. The van der Waals surface area contributed by atoms with Crippen molar-refractivity contribution >= 4 is 0 Å². The first kappa shape index (κ1) is 16.8. The molecule has 0 amide bonds. The van der Waals surface area contributed by atoms with Crippen LogP contribution in [-0.2, 0) is 0 Å². The third-order valence-electron chi connectivity index (χ3n) is 7.57. The molecule has 3 aliphatic rings. The molecule has 0 aliphatic heterocycles. The molecule has 0 aromatic carbocycles. The molecule has 0 spiro atoms. The fourth-order valence-corrected chi connectivity index (χ4v) is 5.78. The van der Waals surface area contributed by atoms with Gasteiger partial charge in [0.25, 0.3) is 0 Å². The molecule has 22 heavy (non-hydrogen) atoms. The van der Waals surface area contributed by atoms with Crippen molar-refractivity contribution in [2.45, 2.75) is 104 Å². The molecule has 0 bridgehead atoms. The summed E-state index contributed by atoms with van der Waals surface area (Å²) in [5.41, 5.74) is 0. The lowest BCUT2D eigenvalue weighted by molar-refractivity contribution is 0.168. The second-order valence-corrected chi connectivity index (χ2v) is 9.61. The molecule has 0 unspecified atom stereocenters. The van der Waals surface area contributed by atoms with Gasteiger partial charge in [-0.1, -0.05) is 90.9 Å². The van der Waals surface area contributed by atoms with Gasteiger partial charge in [0.15, 0.2) is 0 Å². The molecule has 0 atom stereocenters. The molecule has 128 valence electrons. The summed E-state index contributed by atoms with van der Waals surface area (Å²) in [6, 6.07) is 0. The normalized spacial score (nSPS) is 43.9. The Hall–Kier alpha value is 0. The maximum absolute atomic E-state index is 2.45. The van der Waals surface area contributed by atoms with Gasteiger partial charge in [0.05, 0.1) is 0 Å². The molecule has 3 saturated carbocycles. The molecule has 0 radical (unpaired) electrons. The highest BCUT2D eigenvalue weighted by Crippen LogP contribution is 2.41. The standard InChI is InChI=1S/C22H40/c1-17-3-7-19(8-4-17)15-21-11-13-22(14-12-21)16-20-9-5-18(2)6-10-20/h17-22H,3-16H2,1-2H3. The molecule has 0 aromatic rings. The van der Waals surface area contributed by atoms with Gasteiger partial charge in [0.1, 0.15) is 0 Å². The van der Waals surface area contributed by atoms with Crippen LogP contribution in [0.3, 0.4) is 0 Å². The molecule has 3 aliphatic carbocycles. The van der Waals surface area contributed by atoms with Crippen LogP contribution in [-0.4, -0.2) is 0 Å². The molecule has 0 heteroatoms. The van der Waals surface area contributed by atoms with Gasteiger partial charge in [-0.05, 0) is 48.3 Å². The van der Waals surface area contributed by atoms with Crippen molar-refractivity contribution in [3.63, 3.8) is 0 Å². The topological polar surface area (TPSA) is 0 Å². The smallest absolute Gasteiger partial charge is 0.0411 e. The molecule has 3 fully saturated rings. The quantitative estimate of drug-likeness (QED) is 0.514. The summed E-state index contributed by atoms with van der Waals surface area (Å²) in [6.07, 6.45) is 21.7. The molecule has 0 heterocycles. The Morgan fingerprint density at radius 3 is 0.909 bits per heavy atom. The zero-order valence-corrected chi connectivity index (χ0v) is 15.4. The minimum atomic E-state index is 1.02. The van der Waals surface area contributed by atoms with E-state index < -0.39 is 0 Å². The Morgan fingerprint density at radius 1 is 0.409 bits per heavy atom. The van der Waals surface area contributed by atoms with E-state index in [1.54, 1.807) is 64.2 Å². The number of hydrogen-bond acceptors (Lipinski definition) is 0. The van der Waals surface area contributed by atoms with Crippen molar-refractivity contribution in [2.75, 3.05) is 0 Å². The van der Waals surface area contributed by atoms with Gasteiger partial charge in [-0.3, -0.25) is 0 Å². The Kier molecular flexibility index (Phi) is 6.28. The van der Waals surface area contributed by atoms with E-state index in [9.17, 15) is 0 Å². The predicted octanol–water partition coefficient (Wildman–Crippen LogP) is 7.23. The molecule has 3 rings (SSSR count). The van der Waals surface area contributed by atoms with E-state index in [1.165, 1.54) is 25.7 Å². The maximum atomic E-state index is 2.45. The van der Waals surface area contributed by atoms with Gasteiger partial charge in [-0.2, -0.15) is 0 Å². The van der Waals surface area contributed by atoms with Crippen LogP contribution in [0.25, 0.3) is 0 Å². The number of hydrogen-bond donors (Lipinski definition) is 0. The molecule has 0 saturated heterocycles. The molecular formula is C22H40. The predicted molar refractivity (Wildman–Crippen MR) is 96.9 cm³/mol. The Labute approximate surface area is 139 Å². The Morgan fingerprint density at radius 2 is 0.636 bits per heavy atom. The van der Waals surface area contributed by atoms with E-state index in [0.29, 0.717) is 0 Å². The molecule has 0 aromatic heterocycles. The summed E-state index contributed by atoms with van der Waals surface area (Å²) in [4.78, 5) is 0. The van der Waals surface area contributed by atoms with Crippen LogP contribution in [0, 0.1) is 35.5 Å². The summed E-state index contributed by atoms with van der Waals surface area (Å²) >= 11 is 0. The van der Waals surface area contributed by atoms with E-state index >= 15 is 0 Å². The van der Waals surface area contributed by atoms with E-state index in [-0.39, 0.29) is 0 Å². The van der Waals surface area contributed by atoms with Crippen LogP contribution >= 0.6 is 0 Å². The van der Waals surface area contributed by atoms with Crippen LogP contribution in [0.5, 0.6) is 0 Å². The second-order valence-electron chi connectivity index (χ2n) is 9.61. The van der Waals surface area contributed by atoms with Gasteiger partial charge in [0, 0.05) is 0 Å². The van der Waals surface area contributed by atoms with Gasteiger partial charge in [0.2, 0.25) is 0 Å². The summed E-state index contributed by atoms with van der Waals surface area (Å²) < 4.78 is 0. The minimum absolute atomic E-state index is 1.02. The van der Waals surface area contributed by atoms with Crippen molar-refractivity contribution in [1.82, 2.24) is 0 Å². The Balaban J connectivity index is 1.32. The van der Waals surface area contributed by atoms with Crippen LogP contribution < -0.4 is 0 Å². The second kappa shape index (κ2) is 8.20. The van der Waals surface area contributed by atoms with E-state index in [0.717, 1.165) is 35.5 Å². The van der Waals surface area contributed by atoms with Crippen molar-refractivity contribution in [3.05, 3.63) is 0 Å². The molecule has 0 nitrogen and oxygen atoms in total. The van der Waals surface area contributed by atoms with Crippen molar-refractivity contribution in [2.24, 2.45) is 35.5 Å².